The van der Waals surface area contributed by atoms with Crippen LogP contribution < -0.4 is 16.4 Å². The van der Waals surface area contributed by atoms with Crippen LogP contribution in [0.15, 0.2) is 24.3 Å². The van der Waals surface area contributed by atoms with E-state index in [2.05, 4.69) is 24.5 Å². The van der Waals surface area contributed by atoms with Gasteiger partial charge in [0.1, 0.15) is 17.7 Å². The highest BCUT2D eigenvalue weighted by molar-refractivity contribution is 6.37. The Morgan fingerprint density at radius 2 is 1.67 bits per heavy atom. The molecular formula is C37H52N4O7. The molecule has 5 rings (SSSR count). The summed E-state index contributed by atoms with van der Waals surface area (Å²) in [6.07, 6.45) is 5.54. The van der Waals surface area contributed by atoms with Gasteiger partial charge in [-0.3, -0.25) is 28.8 Å². The zero-order chi connectivity index (χ0) is 35.1. The summed E-state index contributed by atoms with van der Waals surface area (Å²) in [4.78, 5) is 82.3. The average Bonchev–Trinajstić information content (AvgIpc) is 3.37. The Kier molecular flexibility index (Phi) is 10.1. The fraction of sp³-hybridized carbons (Fsp3) is 0.676. The number of fused-ring (bicyclic) bond motifs is 2. The molecule has 0 bridgehead atoms. The minimum absolute atomic E-state index is 0.0808. The topological polar surface area (TPSA) is 165 Å². The van der Waals surface area contributed by atoms with Crippen molar-refractivity contribution in [2.75, 3.05) is 6.54 Å². The number of esters is 1. The summed E-state index contributed by atoms with van der Waals surface area (Å²) < 4.78 is 5.77. The molecule has 1 saturated heterocycles. The first kappa shape index (κ1) is 35.5. The molecule has 3 aliphatic carbocycles. The quantitative estimate of drug-likeness (QED) is 0.242. The smallest absolute Gasteiger partial charge is 0.314 e. The van der Waals surface area contributed by atoms with Gasteiger partial charge in [0.15, 0.2) is 0 Å². The molecule has 3 fully saturated rings. The van der Waals surface area contributed by atoms with Gasteiger partial charge in [-0.15, -0.1) is 0 Å². The van der Waals surface area contributed by atoms with Crippen LogP contribution in [0.1, 0.15) is 104 Å². The molecule has 11 nitrogen and oxygen atoms in total. The zero-order valence-corrected chi connectivity index (χ0v) is 29.2. The van der Waals surface area contributed by atoms with Crippen LogP contribution in [-0.4, -0.2) is 70.6 Å². The van der Waals surface area contributed by atoms with Gasteiger partial charge in [0.05, 0.1) is 17.9 Å². The summed E-state index contributed by atoms with van der Waals surface area (Å²) in [6, 6.07) is 4.70. The summed E-state index contributed by atoms with van der Waals surface area (Å²) in [5.74, 6) is -5.38. The number of piperidine rings is 1. The third-order valence-electron chi connectivity index (χ3n) is 11.1. The lowest BCUT2D eigenvalue weighted by Gasteiger charge is -2.37. The number of primary amides is 1. The van der Waals surface area contributed by atoms with Gasteiger partial charge in [0.25, 0.3) is 5.91 Å². The lowest BCUT2D eigenvalue weighted by atomic mass is 9.82. The Morgan fingerprint density at radius 1 is 1.00 bits per heavy atom. The van der Waals surface area contributed by atoms with Gasteiger partial charge in [0.2, 0.25) is 23.5 Å². The number of carbonyl (C=O) groups is 6. The first-order chi connectivity index (χ1) is 22.6. The van der Waals surface area contributed by atoms with Crippen molar-refractivity contribution >= 4 is 35.4 Å². The fourth-order valence-electron chi connectivity index (χ4n) is 8.58. The van der Waals surface area contributed by atoms with E-state index in [1.807, 2.05) is 31.2 Å². The Morgan fingerprint density at radius 3 is 2.29 bits per heavy atom. The Labute approximate surface area is 283 Å². The highest BCUT2D eigenvalue weighted by atomic mass is 16.6. The van der Waals surface area contributed by atoms with E-state index in [1.165, 1.54) is 0 Å². The van der Waals surface area contributed by atoms with Gasteiger partial charge >= 0.3 is 5.97 Å². The normalized spacial score (nSPS) is 27.2. The molecule has 1 aromatic rings. The number of nitrogens with one attached hydrogen (secondary N) is 2. The van der Waals surface area contributed by atoms with Crippen molar-refractivity contribution in [3.63, 3.8) is 0 Å². The van der Waals surface area contributed by atoms with E-state index in [1.54, 1.807) is 25.7 Å². The monoisotopic (exact) mass is 664 g/mol. The Bertz CT molecular complexity index is 1460. The van der Waals surface area contributed by atoms with Crippen molar-refractivity contribution in [3.8, 4) is 0 Å². The molecule has 48 heavy (non-hydrogen) atoms. The molecule has 262 valence electrons. The number of hydrogen-bond donors (Lipinski definition) is 3. The number of hydrogen-bond acceptors (Lipinski definition) is 7. The number of ketones is 1. The standard InChI is InChI=1S/C37H52N4O7/c1-7-13-25(30(42)31(38)43)39-33(45)29-27-24(37(27,5)6)19-41(29)34(46)28(20-14-9-8-10-15-20)40-32(44)23-18-21-16-11-12-17-22(21)26(23)35(47)48-36(2,3)4/h11-12,16-17,20,23-29H,7-10,13-15,18-19H2,1-6H3,(H2,38,43)(H,39,45)(H,40,44)/t23?,24?,25?,26?,27?,28-,29-/m0/s1. The number of nitrogens with two attached hydrogens (primary N) is 1. The van der Waals surface area contributed by atoms with E-state index in [0.717, 1.165) is 43.2 Å². The van der Waals surface area contributed by atoms with Crippen molar-refractivity contribution in [1.29, 1.82) is 0 Å². The van der Waals surface area contributed by atoms with Crippen LogP contribution in [0.3, 0.4) is 0 Å². The van der Waals surface area contributed by atoms with Gasteiger partial charge in [0, 0.05) is 6.54 Å². The number of Topliss-reactive ketones (excluding diaryl/α,β-unsaturated/α-hetero) is 1. The van der Waals surface area contributed by atoms with Crippen LogP contribution in [0.4, 0.5) is 0 Å². The van der Waals surface area contributed by atoms with Crippen molar-refractivity contribution in [3.05, 3.63) is 35.4 Å². The fourth-order valence-corrected chi connectivity index (χ4v) is 8.58. The minimum atomic E-state index is -1.11. The minimum Gasteiger partial charge on any atom is -0.459 e. The van der Waals surface area contributed by atoms with Crippen LogP contribution in [-0.2, 0) is 39.9 Å². The van der Waals surface area contributed by atoms with Crippen LogP contribution in [0.2, 0.25) is 0 Å². The zero-order valence-electron chi connectivity index (χ0n) is 29.2. The molecule has 1 heterocycles. The predicted octanol–water partition coefficient (Wildman–Crippen LogP) is 3.17. The third-order valence-corrected chi connectivity index (χ3v) is 11.1. The first-order valence-corrected chi connectivity index (χ1v) is 17.6. The van der Waals surface area contributed by atoms with Gasteiger partial charge in [-0.25, -0.2) is 0 Å². The van der Waals surface area contributed by atoms with Crippen molar-refractivity contribution < 1.29 is 33.5 Å². The van der Waals surface area contributed by atoms with E-state index < -0.39 is 59.1 Å². The number of likely N-dealkylation sites (tertiary alicyclic amines) is 1. The predicted molar refractivity (Wildman–Crippen MR) is 178 cm³/mol. The van der Waals surface area contributed by atoms with Gasteiger partial charge in [-0.2, -0.15) is 0 Å². The van der Waals surface area contributed by atoms with E-state index >= 15 is 0 Å². The Hall–Kier alpha value is -3.76. The molecule has 4 N–H and O–H groups in total. The molecular weight excluding hydrogens is 612 g/mol. The maximum Gasteiger partial charge on any atom is 0.314 e. The molecule has 5 unspecified atom stereocenters. The van der Waals surface area contributed by atoms with Crippen LogP contribution in [0.5, 0.6) is 0 Å². The molecule has 1 aliphatic heterocycles. The van der Waals surface area contributed by atoms with Gasteiger partial charge in [-0.1, -0.05) is 70.7 Å². The van der Waals surface area contributed by atoms with Gasteiger partial charge in [-0.05, 0) is 80.8 Å². The second-order valence-electron chi connectivity index (χ2n) is 15.9. The number of carbonyl (C=O) groups excluding carboxylic acids is 6. The number of ether oxygens (including phenoxy) is 1. The van der Waals surface area contributed by atoms with Crippen molar-refractivity contribution in [2.24, 2.45) is 34.8 Å². The molecule has 0 spiro atoms. The molecule has 4 amide bonds. The molecule has 11 heteroatoms. The summed E-state index contributed by atoms with van der Waals surface area (Å²) in [5, 5.41) is 5.86. The van der Waals surface area contributed by atoms with Gasteiger partial charge < -0.3 is 26.0 Å². The van der Waals surface area contributed by atoms with E-state index in [-0.39, 0.29) is 41.4 Å². The van der Waals surface area contributed by atoms with Crippen LogP contribution >= 0.6 is 0 Å². The molecule has 0 radical (unpaired) electrons. The number of rotatable bonds is 11. The average molecular weight is 665 g/mol. The number of benzene rings is 1. The SMILES string of the molecule is CCCC(NC(=O)[C@@H]1C2C(CN1C(=O)[C@@H](NC(=O)C1Cc3ccccc3C1C(=O)OC(C)(C)C)C1CCCCC1)C2(C)C)C(=O)C(N)=O. The first-order valence-electron chi connectivity index (χ1n) is 17.6. The lowest BCUT2D eigenvalue weighted by molar-refractivity contribution is -0.159. The molecule has 1 aromatic carbocycles. The molecule has 0 aromatic heterocycles. The maximum atomic E-state index is 14.7. The second-order valence-corrected chi connectivity index (χ2v) is 15.9. The lowest BCUT2D eigenvalue weighted by Crippen LogP contribution is -2.60. The molecule has 7 atom stereocenters. The van der Waals surface area contributed by atoms with E-state index in [4.69, 9.17) is 10.5 Å². The third kappa shape index (κ3) is 7.01. The maximum absolute atomic E-state index is 14.7. The second kappa shape index (κ2) is 13.6. The number of nitrogens with zero attached hydrogens (tertiary/aromatic N) is 1. The van der Waals surface area contributed by atoms with E-state index in [0.29, 0.717) is 19.4 Å². The van der Waals surface area contributed by atoms with Crippen molar-refractivity contribution in [1.82, 2.24) is 15.5 Å². The largest absolute Gasteiger partial charge is 0.459 e. The highest BCUT2D eigenvalue weighted by Crippen LogP contribution is 2.65. The van der Waals surface area contributed by atoms with E-state index in [9.17, 15) is 28.8 Å². The summed E-state index contributed by atoms with van der Waals surface area (Å²) >= 11 is 0. The molecule has 2 saturated carbocycles. The summed E-state index contributed by atoms with van der Waals surface area (Å²) in [5.41, 5.74) is 6.02. The summed E-state index contributed by atoms with van der Waals surface area (Å²) in [6.45, 7) is 11.7. The van der Waals surface area contributed by atoms with Crippen LogP contribution in [0, 0.1) is 29.1 Å². The Balaban J connectivity index is 1.42. The summed E-state index contributed by atoms with van der Waals surface area (Å²) in [7, 11) is 0. The van der Waals surface area contributed by atoms with Crippen molar-refractivity contribution in [2.45, 2.75) is 123 Å². The van der Waals surface area contributed by atoms with Crippen LogP contribution in [0.25, 0.3) is 0 Å². The molecule has 4 aliphatic rings. The number of amides is 4. The highest BCUT2D eigenvalue weighted by Gasteiger charge is 2.69.